The maximum Gasteiger partial charge on any atom is 0.534 e. The number of hydrogen-bond donors (Lipinski definition) is 0. The van der Waals surface area contributed by atoms with Crippen molar-refractivity contribution in [2.75, 3.05) is 13.7 Å². The smallest absolute Gasteiger partial charge is 0.469 e. The van der Waals surface area contributed by atoms with Gasteiger partial charge in [0.05, 0.1) is 18.6 Å². The SMILES string of the molecule is COC(=O)[C@@H]1C(C)C[C@@]23c4ccc(OS(=O)(=O)C(F)(F)F)cc4CCN2C(=O)C[C@@H]13. The van der Waals surface area contributed by atoms with Gasteiger partial charge < -0.3 is 13.8 Å². The molecule has 1 spiro atoms. The van der Waals surface area contributed by atoms with Gasteiger partial charge in [0.1, 0.15) is 5.75 Å². The molecule has 2 heterocycles. The molecule has 2 fully saturated rings. The molecule has 0 bridgehead atoms. The van der Waals surface area contributed by atoms with Crippen LogP contribution < -0.4 is 4.18 Å². The number of esters is 1. The first-order valence-corrected chi connectivity index (χ1v) is 10.9. The van der Waals surface area contributed by atoms with E-state index in [1.165, 1.54) is 19.2 Å². The molecule has 11 heteroatoms. The Morgan fingerprint density at radius 1 is 1.30 bits per heavy atom. The van der Waals surface area contributed by atoms with E-state index in [4.69, 9.17) is 4.74 Å². The van der Waals surface area contributed by atoms with Crippen LogP contribution in [0.1, 0.15) is 30.9 Å². The maximum atomic E-state index is 12.7. The van der Waals surface area contributed by atoms with Gasteiger partial charge in [-0.3, -0.25) is 9.59 Å². The summed E-state index contributed by atoms with van der Waals surface area (Å²) in [6.07, 6.45) is 1.04. The summed E-state index contributed by atoms with van der Waals surface area (Å²) in [5, 5.41) is 0. The molecular formula is C19H20F3NO6S. The lowest BCUT2D eigenvalue weighted by molar-refractivity contribution is -0.148. The summed E-state index contributed by atoms with van der Waals surface area (Å²) in [6, 6.07) is 3.96. The second-order valence-corrected chi connectivity index (χ2v) is 9.60. The number of benzene rings is 1. The van der Waals surface area contributed by atoms with E-state index in [2.05, 4.69) is 4.18 Å². The van der Waals surface area contributed by atoms with E-state index in [0.29, 0.717) is 24.9 Å². The second kappa shape index (κ2) is 6.60. The monoisotopic (exact) mass is 447 g/mol. The largest absolute Gasteiger partial charge is 0.534 e. The molecule has 1 aromatic rings. The zero-order valence-corrected chi connectivity index (χ0v) is 17.0. The zero-order chi connectivity index (χ0) is 22.1. The minimum absolute atomic E-state index is 0.0643. The summed E-state index contributed by atoms with van der Waals surface area (Å²) < 4.78 is 69.8. The predicted molar refractivity (Wildman–Crippen MR) is 96.5 cm³/mol. The molecule has 7 nitrogen and oxygen atoms in total. The standard InChI is InChI=1S/C19H20F3NO6S/c1-10-9-18-13-4-3-12(29-30(26,27)19(20,21)22)7-11(13)5-6-23(18)15(24)8-14(18)16(10)17(25)28-2/h3-4,7,10,14,16H,5-6,8-9H2,1-2H3/t10?,14-,16+,18-/m0/s1. The third-order valence-corrected chi connectivity index (χ3v) is 7.56. The Kier molecular flexibility index (Phi) is 4.61. The van der Waals surface area contributed by atoms with Crippen LogP contribution in [0.4, 0.5) is 13.2 Å². The number of methoxy groups -OCH3 is 1. The Balaban J connectivity index is 1.77. The van der Waals surface area contributed by atoms with Crippen LogP contribution in [0.3, 0.4) is 0 Å². The molecule has 1 unspecified atom stereocenters. The van der Waals surface area contributed by atoms with Crippen molar-refractivity contribution in [3.8, 4) is 5.75 Å². The van der Waals surface area contributed by atoms with Crippen LogP contribution in [0, 0.1) is 17.8 Å². The van der Waals surface area contributed by atoms with Crippen molar-refractivity contribution in [1.29, 1.82) is 0 Å². The van der Waals surface area contributed by atoms with Crippen LogP contribution in [0.2, 0.25) is 0 Å². The Hall–Kier alpha value is -2.30. The normalized spacial score (nSPS) is 30.5. The van der Waals surface area contributed by atoms with Gasteiger partial charge in [-0.25, -0.2) is 0 Å². The lowest BCUT2D eigenvalue weighted by Crippen LogP contribution is -2.49. The molecule has 4 atom stereocenters. The number of hydrogen-bond acceptors (Lipinski definition) is 6. The molecule has 1 amide bonds. The number of rotatable bonds is 3. The van der Waals surface area contributed by atoms with Crippen molar-refractivity contribution in [2.24, 2.45) is 17.8 Å². The van der Waals surface area contributed by atoms with Crippen LogP contribution in [-0.4, -0.2) is 44.4 Å². The average Bonchev–Trinajstić information content (AvgIpc) is 3.07. The summed E-state index contributed by atoms with van der Waals surface area (Å²) >= 11 is 0. The fourth-order valence-electron chi connectivity index (χ4n) is 5.56. The Bertz CT molecular complexity index is 1020. The first-order valence-electron chi connectivity index (χ1n) is 9.45. The molecule has 1 aliphatic carbocycles. The molecular weight excluding hydrogens is 427 g/mol. The molecule has 3 aliphatic rings. The third kappa shape index (κ3) is 2.81. The third-order valence-electron chi connectivity index (χ3n) is 6.58. The van der Waals surface area contributed by atoms with Crippen LogP contribution in [0.5, 0.6) is 5.75 Å². The fraction of sp³-hybridized carbons (Fsp3) is 0.579. The highest BCUT2D eigenvalue weighted by molar-refractivity contribution is 7.88. The second-order valence-electron chi connectivity index (χ2n) is 8.06. The number of carbonyl (C=O) groups excluding carboxylic acids is 2. The number of alkyl halides is 3. The van der Waals surface area contributed by atoms with Crippen molar-refractivity contribution in [1.82, 2.24) is 4.90 Å². The van der Waals surface area contributed by atoms with Crippen molar-refractivity contribution in [3.63, 3.8) is 0 Å². The first kappa shape index (κ1) is 21.0. The topological polar surface area (TPSA) is 90.0 Å². The summed E-state index contributed by atoms with van der Waals surface area (Å²) in [5.74, 6) is -1.76. The number of ether oxygens (including phenoxy) is 1. The molecule has 0 aromatic heterocycles. The fourth-order valence-corrected chi connectivity index (χ4v) is 6.01. The molecule has 30 heavy (non-hydrogen) atoms. The van der Waals surface area contributed by atoms with Crippen LogP contribution in [0.25, 0.3) is 0 Å². The van der Waals surface area contributed by atoms with Crippen molar-refractivity contribution < 1.29 is 40.1 Å². The van der Waals surface area contributed by atoms with E-state index < -0.39 is 32.8 Å². The lowest BCUT2D eigenvalue weighted by atomic mass is 9.74. The van der Waals surface area contributed by atoms with E-state index in [-0.39, 0.29) is 30.1 Å². The molecule has 0 radical (unpaired) electrons. The summed E-state index contributed by atoms with van der Waals surface area (Å²) in [7, 11) is -4.48. The molecule has 164 valence electrons. The average molecular weight is 447 g/mol. The Morgan fingerprint density at radius 3 is 2.63 bits per heavy atom. The summed E-state index contributed by atoms with van der Waals surface area (Å²) in [4.78, 5) is 26.9. The van der Waals surface area contributed by atoms with Crippen LogP contribution in [-0.2, 0) is 36.4 Å². The van der Waals surface area contributed by atoms with E-state index >= 15 is 0 Å². The minimum Gasteiger partial charge on any atom is -0.469 e. The molecule has 1 aromatic carbocycles. The Labute approximate surface area is 171 Å². The van der Waals surface area contributed by atoms with Crippen molar-refractivity contribution in [3.05, 3.63) is 29.3 Å². The molecule has 4 rings (SSSR count). The van der Waals surface area contributed by atoms with Crippen LogP contribution >= 0.6 is 0 Å². The minimum atomic E-state index is -5.78. The summed E-state index contributed by atoms with van der Waals surface area (Å²) in [6.45, 7) is 2.25. The quantitative estimate of drug-likeness (QED) is 0.402. The highest BCUT2D eigenvalue weighted by Gasteiger charge is 2.65. The molecule has 1 saturated carbocycles. The molecule has 2 aliphatic heterocycles. The van der Waals surface area contributed by atoms with Gasteiger partial charge in [-0.2, -0.15) is 21.6 Å². The first-order chi connectivity index (χ1) is 13.9. The molecule has 0 N–H and O–H groups in total. The number of halogens is 3. The Morgan fingerprint density at radius 2 is 2.00 bits per heavy atom. The van der Waals surface area contributed by atoms with Gasteiger partial charge in [0.2, 0.25) is 5.91 Å². The van der Waals surface area contributed by atoms with Gasteiger partial charge in [0, 0.05) is 18.9 Å². The van der Waals surface area contributed by atoms with Crippen LogP contribution in [0.15, 0.2) is 18.2 Å². The number of fused-ring (bicyclic) bond motifs is 1. The number of amides is 1. The predicted octanol–water partition coefficient (Wildman–Crippen LogP) is 2.34. The number of nitrogens with zero attached hydrogens (tertiary/aromatic N) is 1. The van der Waals surface area contributed by atoms with E-state index in [1.807, 2.05) is 6.92 Å². The van der Waals surface area contributed by atoms with Gasteiger partial charge in [0.25, 0.3) is 0 Å². The van der Waals surface area contributed by atoms with Gasteiger partial charge in [-0.05, 0) is 42.0 Å². The van der Waals surface area contributed by atoms with Crippen molar-refractivity contribution in [2.45, 2.75) is 37.2 Å². The lowest BCUT2D eigenvalue weighted by Gasteiger charge is -2.44. The maximum absolute atomic E-state index is 12.7. The molecule has 1 saturated heterocycles. The van der Waals surface area contributed by atoms with Crippen molar-refractivity contribution >= 4 is 22.0 Å². The van der Waals surface area contributed by atoms with Gasteiger partial charge in [-0.15, -0.1) is 0 Å². The highest BCUT2D eigenvalue weighted by atomic mass is 32.2. The van der Waals surface area contributed by atoms with Gasteiger partial charge in [0.15, 0.2) is 0 Å². The van der Waals surface area contributed by atoms with E-state index in [9.17, 15) is 31.2 Å². The van der Waals surface area contributed by atoms with E-state index in [0.717, 1.165) is 11.6 Å². The summed E-state index contributed by atoms with van der Waals surface area (Å²) in [5.41, 5.74) is -4.96. The van der Waals surface area contributed by atoms with Gasteiger partial charge >= 0.3 is 21.6 Å². The van der Waals surface area contributed by atoms with E-state index in [1.54, 1.807) is 4.90 Å². The number of carbonyl (C=O) groups is 2. The highest BCUT2D eigenvalue weighted by Crippen LogP contribution is 2.61. The van der Waals surface area contributed by atoms with Gasteiger partial charge in [-0.1, -0.05) is 13.0 Å². The zero-order valence-electron chi connectivity index (χ0n) is 16.2.